The Kier molecular flexibility index (Phi) is 7.96. The second-order valence-electron chi connectivity index (χ2n) is 8.78. The van der Waals surface area contributed by atoms with Gasteiger partial charge in [-0.15, -0.1) is 0 Å². The van der Waals surface area contributed by atoms with E-state index < -0.39 is 0 Å². The molecule has 5 atom stereocenters. The Morgan fingerprint density at radius 2 is 2.07 bits per heavy atom. The third kappa shape index (κ3) is 5.52. The lowest BCUT2D eigenvalue weighted by molar-refractivity contribution is -0.142. The predicted molar refractivity (Wildman–Crippen MR) is 112 cm³/mol. The van der Waals surface area contributed by atoms with Crippen LogP contribution in [0.1, 0.15) is 63.0 Å². The van der Waals surface area contributed by atoms with E-state index in [1.807, 2.05) is 12.1 Å². The first kappa shape index (κ1) is 22.1. The van der Waals surface area contributed by atoms with Crippen LogP contribution in [-0.2, 0) is 22.4 Å². The number of carbonyl (C=O) groups excluding carboxylic acids is 1. The summed E-state index contributed by atoms with van der Waals surface area (Å²) in [5.74, 6) is 1.52. The van der Waals surface area contributed by atoms with Crippen LogP contribution in [0.5, 0.6) is 5.75 Å². The van der Waals surface area contributed by atoms with Crippen molar-refractivity contribution in [2.45, 2.75) is 76.9 Å². The van der Waals surface area contributed by atoms with Crippen molar-refractivity contribution in [3.63, 3.8) is 0 Å². The molecule has 162 valence electrons. The Hall–Kier alpha value is -1.59. The van der Waals surface area contributed by atoms with Crippen LogP contribution in [0.3, 0.4) is 0 Å². The number of carbonyl (C=O) groups is 1. The third-order valence-electron chi connectivity index (χ3n) is 6.89. The molecule has 5 unspecified atom stereocenters. The monoisotopic (exact) mass is 404 g/mol. The lowest BCUT2D eigenvalue weighted by Crippen LogP contribution is -2.28. The van der Waals surface area contributed by atoms with E-state index in [1.54, 1.807) is 0 Å². The molecule has 0 heterocycles. The lowest BCUT2D eigenvalue weighted by Gasteiger charge is -2.32. The normalized spacial score (nSPS) is 26.5. The molecule has 0 saturated heterocycles. The van der Waals surface area contributed by atoms with Crippen LogP contribution in [0.4, 0.5) is 0 Å². The third-order valence-corrected chi connectivity index (χ3v) is 6.89. The molecule has 3 rings (SSSR count). The van der Waals surface area contributed by atoms with Crippen LogP contribution >= 0.6 is 0 Å². The first-order chi connectivity index (χ1) is 14.0. The summed E-state index contributed by atoms with van der Waals surface area (Å²) in [6.07, 6.45) is 8.05. The summed E-state index contributed by atoms with van der Waals surface area (Å²) in [7, 11) is 1.36. The van der Waals surface area contributed by atoms with Crippen molar-refractivity contribution in [1.82, 2.24) is 0 Å². The lowest BCUT2D eigenvalue weighted by atomic mass is 9.73. The minimum Gasteiger partial charge on any atom is -0.482 e. The summed E-state index contributed by atoms with van der Waals surface area (Å²) < 4.78 is 10.4. The first-order valence-corrected chi connectivity index (χ1v) is 11.2. The Labute approximate surface area is 174 Å². The number of hydrogen-bond acceptors (Lipinski definition) is 5. The zero-order valence-electron chi connectivity index (χ0n) is 17.8. The molecule has 0 aromatic heterocycles. The van der Waals surface area contributed by atoms with Gasteiger partial charge in [0.15, 0.2) is 6.61 Å². The molecule has 5 heteroatoms. The highest BCUT2D eigenvalue weighted by Crippen LogP contribution is 2.48. The summed E-state index contributed by atoms with van der Waals surface area (Å²) in [5.41, 5.74) is 2.43. The number of fused-ring (bicyclic) bond motifs is 2. The first-order valence-electron chi connectivity index (χ1n) is 11.2. The molecule has 2 N–H and O–H groups in total. The van der Waals surface area contributed by atoms with Crippen molar-refractivity contribution in [2.24, 2.45) is 17.8 Å². The van der Waals surface area contributed by atoms with Crippen LogP contribution in [0.2, 0.25) is 0 Å². The van der Waals surface area contributed by atoms with E-state index in [0.29, 0.717) is 11.8 Å². The molecule has 2 aliphatic carbocycles. The number of hydrogen-bond donors (Lipinski definition) is 2. The maximum Gasteiger partial charge on any atom is 0.343 e. The van der Waals surface area contributed by atoms with Crippen LogP contribution in [-0.4, -0.2) is 42.1 Å². The number of methoxy groups -OCH3 is 1. The molecular weight excluding hydrogens is 368 g/mol. The Bertz CT molecular complexity index is 673. The van der Waals surface area contributed by atoms with Crippen LogP contribution < -0.4 is 4.74 Å². The van der Waals surface area contributed by atoms with Gasteiger partial charge in [-0.2, -0.15) is 0 Å². The zero-order chi connectivity index (χ0) is 20.8. The fourth-order valence-electron chi connectivity index (χ4n) is 5.29. The fourth-order valence-corrected chi connectivity index (χ4v) is 5.29. The van der Waals surface area contributed by atoms with Gasteiger partial charge in [-0.3, -0.25) is 0 Å². The number of benzene rings is 1. The van der Waals surface area contributed by atoms with Gasteiger partial charge in [-0.1, -0.05) is 38.3 Å². The molecule has 0 spiro atoms. The Balaban J connectivity index is 1.62. The molecule has 29 heavy (non-hydrogen) atoms. The van der Waals surface area contributed by atoms with Gasteiger partial charge >= 0.3 is 5.97 Å². The largest absolute Gasteiger partial charge is 0.482 e. The molecule has 0 radical (unpaired) electrons. The highest BCUT2D eigenvalue weighted by Gasteiger charge is 2.44. The van der Waals surface area contributed by atoms with Crippen LogP contribution in [0.15, 0.2) is 18.2 Å². The van der Waals surface area contributed by atoms with Gasteiger partial charge in [-0.05, 0) is 73.5 Å². The second-order valence-corrected chi connectivity index (χ2v) is 8.78. The molecule has 1 fully saturated rings. The minimum atomic E-state index is -0.384. The standard InChI is InChI=1S/C24H36O5/c1-3-4-5-8-18(25)10-11-19-20-12-16-7-6-9-23(29-15-24(27)28-2)21(16)13-17(20)14-22(19)26/h6-7,9,17-20,22,25-26H,3-5,8,10-15H2,1-2H3. The number of aliphatic hydroxyl groups excluding tert-OH is 2. The number of esters is 1. The van der Waals surface area contributed by atoms with Gasteiger partial charge in [-0.25, -0.2) is 4.79 Å². The highest BCUT2D eigenvalue weighted by molar-refractivity contribution is 5.71. The van der Waals surface area contributed by atoms with E-state index in [-0.39, 0.29) is 30.7 Å². The number of aliphatic hydroxyl groups is 2. The molecular formula is C24H36O5. The smallest absolute Gasteiger partial charge is 0.343 e. The number of rotatable bonds is 10. The van der Waals surface area contributed by atoms with Gasteiger partial charge in [0.25, 0.3) is 0 Å². The Morgan fingerprint density at radius 1 is 1.24 bits per heavy atom. The van der Waals surface area contributed by atoms with Gasteiger partial charge in [0.2, 0.25) is 0 Å². The van der Waals surface area contributed by atoms with E-state index >= 15 is 0 Å². The summed E-state index contributed by atoms with van der Waals surface area (Å²) in [6, 6.07) is 6.03. The van der Waals surface area contributed by atoms with Crippen molar-refractivity contribution in [3.8, 4) is 5.75 Å². The molecule has 1 aromatic carbocycles. The molecule has 1 saturated carbocycles. The van der Waals surface area contributed by atoms with Crippen LogP contribution in [0.25, 0.3) is 0 Å². The topological polar surface area (TPSA) is 76.0 Å². The predicted octanol–water partition coefficient (Wildman–Crippen LogP) is 3.67. The highest BCUT2D eigenvalue weighted by atomic mass is 16.6. The molecule has 5 nitrogen and oxygen atoms in total. The summed E-state index contributed by atoms with van der Waals surface area (Å²) >= 11 is 0. The van der Waals surface area contributed by atoms with Crippen molar-refractivity contribution in [3.05, 3.63) is 29.3 Å². The second kappa shape index (κ2) is 10.4. The average molecular weight is 405 g/mol. The summed E-state index contributed by atoms with van der Waals surface area (Å²) in [6.45, 7) is 2.09. The van der Waals surface area contributed by atoms with E-state index in [0.717, 1.165) is 50.7 Å². The van der Waals surface area contributed by atoms with Gasteiger partial charge in [0, 0.05) is 0 Å². The van der Waals surface area contributed by atoms with E-state index in [2.05, 4.69) is 17.7 Å². The SMILES string of the molecule is CCCCCC(O)CCC1C(O)CC2Cc3c(cccc3OCC(=O)OC)CC21. The van der Waals surface area contributed by atoms with Crippen molar-refractivity contribution in [1.29, 1.82) is 0 Å². The van der Waals surface area contributed by atoms with E-state index in [1.165, 1.54) is 31.1 Å². The maximum absolute atomic E-state index is 11.4. The molecule has 0 bridgehead atoms. The van der Waals surface area contributed by atoms with Gasteiger partial charge in [0.05, 0.1) is 19.3 Å². The number of unbranched alkanes of at least 4 members (excludes halogenated alkanes) is 2. The maximum atomic E-state index is 11.4. The number of ether oxygens (including phenoxy) is 2. The molecule has 2 aliphatic rings. The van der Waals surface area contributed by atoms with Crippen LogP contribution in [0, 0.1) is 17.8 Å². The zero-order valence-corrected chi connectivity index (χ0v) is 17.8. The van der Waals surface area contributed by atoms with Gasteiger partial charge in [0.1, 0.15) is 5.75 Å². The van der Waals surface area contributed by atoms with Crippen molar-refractivity contribution in [2.75, 3.05) is 13.7 Å². The summed E-state index contributed by atoms with van der Waals surface area (Å²) in [5, 5.41) is 21.0. The average Bonchev–Trinajstić information content (AvgIpc) is 3.02. The molecule has 0 aliphatic heterocycles. The van der Waals surface area contributed by atoms with E-state index in [4.69, 9.17) is 4.74 Å². The van der Waals surface area contributed by atoms with Gasteiger partial charge < -0.3 is 19.7 Å². The fraction of sp³-hybridized carbons (Fsp3) is 0.708. The van der Waals surface area contributed by atoms with Crippen molar-refractivity contribution < 1.29 is 24.5 Å². The quantitative estimate of drug-likeness (QED) is 0.460. The molecule has 0 amide bonds. The van der Waals surface area contributed by atoms with Crippen molar-refractivity contribution >= 4 is 5.97 Å². The summed E-state index contributed by atoms with van der Waals surface area (Å²) in [4.78, 5) is 11.4. The molecule has 1 aromatic rings. The minimum absolute atomic E-state index is 0.0811. The van der Waals surface area contributed by atoms with E-state index in [9.17, 15) is 15.0 Å². The Morgan fingerprint density at radius 3 is 2.83 bits per heavy atom.